The summed E-state index contributed by atoms with van der Waals surface area (Å²) in [4.78, 5) is 0. The molecule has 6 nitrogen and oxygen atoms in total. The molecule has 0 amide bonds. The number of hydrogen-bond acceptors (Lipinski definition) is 5. The number of para-hydroxylation sites is 2. The summed E-state index contributed by atoms with van der Waals surface area (Å²) >= 11 is 0. The SMILES string of the molecule is COc1ccccc1[C@@H]1C(C#N)=C(N)Oc2c1c(C)nn2-c1ccccc1. The van der Waals surface area contributed by atoms with E-state index in [2.05, 4.69) is 11.2 Å². The maximum absolute atomic E-state index is 9.76. The second-order valence-corrected chi connectivity index (χ2v) is 6.22. The van der Waals surface area contributed by atoms with E-state index < -0.39 is 5.92 Å². The lowest BCUT2D eigenvalue weighted by atomic mass is 9.83. The highest BCUT2D eigenvalue weighted by atomic mass is 16.5. The quantitative estimate of drug-likeness (QED) is 0.775. The van der Waals surface area contributed by atoms with Crippen LogP contribution in [-0.4, -0.2) is 16.9 Å². The van der Waals surface area contributed by atoms with Gasteiger partial charge in [0.25, 0.3) is 0 Å². The first kappa shape index (κ1) is 16.7. The largest absolute Gasteiger partial charge is 0.496 e. The molecule has 0 unspecified atom stereocenters. The third-order valence-electron chi connectivity index (χ3n) is 4.68. The lowest BCUT2D eigenvalue weighted by Gasteiger charge is -2.26. The molecule has 2 aromatic carbocycles. The molecule has 2 N–H and O–H groups in total. The van der Waals surface area contributed by atoms with E-state index in [1.165, 1.54) is 0 Å². The molecule has 6 heteroatoms. The zero-order chi connectivity index (χ0) is 19.0. The Labute approximate surface area is 157 Å². The van der Waals surface area contributed by atoms with Gasteiger partial charge in [-0.1, -0.05) is 36.4 Å². The van der Waals surface area contributed by atoms with Gasteiger partial charge in [0.15, 0.2) is 0 Å². The second kappa shape index (κ2) is 6.54. The monoisotopic (exact) mass is 358 g/mol. The van der Waals surface area contributed by atoms with Gasteiger partial charge in [0.1, 0.15) is 17.4 Å². The first-order chi connectivity index (χ1) is 13.2. The lowest BCUT2D eigenvalue weighted by Crippen LogP contribution is -2.22. The van der Waals surface area contributed by atoms with Crippen molar-refractivity contribution in [2.75, 3.05) is 7.11 Å². The topological polar surface area (TPSA) is 86.1 Å². The standard InChI is InChI=1S/C21H18N4O2/c1-13-18-19(15-10-6-7-11-17(15)26-2)16(12-22)20(23)27-21(18)25(24-13)14-8-4-3-5-9-14/h3-11,19H,23H2,1-2H3/t19-/m1/s1. The molecule has 0 radical (unpaired) electrons. The maximum Gasteiger partial charge on any atom is 0.229 e. The third kappa shape index (κ3) is 2.61. The number of ether oxygens (including phenoxy) is 2. The second-order valence-electron chi connectivity index (χ2n) is 6.22. The predicted octanol–water partition coefficient (Wildman–Crippen LogP) is 3.41. The molecule has 2 heterocycles. The summed E-state index contributed by atoms with van der Waals surface area (Å²) in [6, 6.07) is 19.5. The van der Waals surface area contributed by atoms with Crippen LogP contribution in [0.2, 0.25) is 0 Å². The van der Waals surface area contributed by atoms with Crippen LogP contribution in [-0.2, 0) is 0 Å². The van der Waals surface area contributed by atoms with E-state index >= 15 is 0 Å². The van der Waals surface area contributed by atoms with Crippen LogP contribution < -0.4 is 15.2 Å². The Bertz CT molecular complexity index is 1080. The first-order valence-corrected chi connectivity index (χ1v) is 8.51. The fourth-order valence-corrected chi connectivity index (χ4v) is 3.47. The number of allylic oxidation sites excluding steroid dienone is 1. The van der Waals surface area contributed by atoms with E-state index in [4.69, 9.17) is 15.2 Å². The van der Waals surface area contributed by atoms with Crippen molar-refractivity contribution in [1.82, 2.24) is 9.78 Å². The zero-order valence-corrected chi connectivity index (χ0v) is 15.0. The van der Waals surface area contributed by atoms with Gasteiger partial charge in [-0.15, -0.1) is 0 Å². The van der Waals surface area contributed by atoms with Crippen LogP contribution in [0.15, 0.2) is 66.1 Å². The van der Waals surface area contributed by atoms with Gasteiger partial charge >= 0.3 is 0 Å². The Morgan fingerprint density at radius 1 is 1.15 bits per heavy atom. The molecule has 0 saturated carbocycles. The number of rotatable bonds is 3. The van der Waals surface area contributed by atoms with Gasteiger partial charge in [-0.3, -0.25) is 0 Å². The minimum Gasteiger partial charge on any atom is -0.496 e. The molecule has 1 aliphatic rings. The fourth-order valence-electron chi connectivity index (χ4n) is 3.47. The smallest absolute Gasteiger partial charge is 0.229 e. The molecule has 134 valence electrons. The number of methoxy groups -OCH3 is 1. The summed E-state index contributed by atoms with van der Waals surface area (Å²) in [5.74, 6) is 0.874. The number of hydrogen-bond donors (Lipinski definition) is 1. The van der Waals surface area contributed by atoms with Crippen LogP contribution in [0.25, 0.3) is 5.69 Å². The number of fused-ring (bicyclic) bond motifs is 1. The molecular weight excluding hydrogens is 340 g/mol. The van der Waals surface area contributed by atoms with E-state index in [1.54, 1.807) is 11.8 Å². The summed E-state index contributed by atoms with van der Waals surface area (Å²) in [6.07, 6.45) is 0. The molecular formula is C21H18N4O2. The Kier molecular flexibility index (Phi) is 4.05. The Morgan fingerprint density at radius 3 is 2.56 bits per heavy atom. The first-order valence-electron chi connectivity index (χ1n) is 8.51. The highest BCUT2D eigenvalue weighted by molar-refractivity contribution is 5.59. The van der Waals surface area contributed by atoms with Crippen LogP contribution in [0.4, 0.5) is 0 Å². The molecule has 0 spiro atoms. The Balaban J connectivity index is 1.99. The number of aryl methyl sites for hydroxylation is 1. The van der Waals surface area contributed by atoms with E-state index in [-0.39, 0.29) is 5.88 Å². The minimum atomic E-state index is -0.410. The predicted molar refractivity (Wildman–Crippen MR) is 101 cm³/mol. The minimum absolute atomic E-state index is 0.0815. The van der Waals surface area contributed by atoms with Gasteiger partial charge in [0.05, 0.1) is 30.0 Å². The van der Waals surface area contributed by atoms with Gasteiger partial charge in [0, 0.05) is 5.56 Å². The summed E-state index contributed by atoms with van der Waals surface area (Å²) in [6.45, 7) is 1.90. The number of nitrogens with zero attached hydrogens (tertiary/aromatic N) is 3. The number of aromatic nitrogens is 2. The summed E-state index contributed by atoms with van der Waals surface area (Å²) in [5.41, 5.74) is 9.77. The van der Waals surface area contributed by atoms with Crippen LogP contribution >= 0.6 is 0 Å². The van der Waals surface area contributed by atoms with Gasteiger partial charge in [-0.05, 0) is 25.1 Å². The fraction of sp³-hybridized carbons (Fsp3) is 0.143. The maximum atomic E-state index is 9.76. The lowest BCUT2D eigenvalue weighted by molar-refractivity contribution is 0.364. The molecule has 1 aromatic heterocycles. The van der Waals surface area contributed by atoms with Crippen molar-refractivity contribution in [2.45, 2.75) is 12.8 Å². The van der Waals surface area contributed by atoms with Crippen molar-refractivity contribution in [3.8, 4) is 23.4 Å². The molecule has 0 saturated heterocycles. The van der Waals surface area contributed by atoms with E-state index in [9.17, 15) is 5.26 Å². The molecule has 0 bridgehead atoms. The van der Waals surface area contributed by atoms with Crippen LogP contribution in [0, 0.1) is 18.3 Å². The van der Waals surface area contributed by atoms with Crippen molar-refractivity contribution in [1.29, 1.82) is 5.26 Å². The van der Waals surface area contributed by atoms with Gasteiger partial charge in [0.2, 0.25) is 11.8 Å². The van der Waals surface area contributed by atoms with E-state index in [0.717, 1.165) is 22.5 Å². The van der Waals surface area contributed by atoms with E-state index in [1.807, 2.05) is 61.5 Å². The Hall–Kier alpha value is -3.72. The Morgan fingerprint density at radius 2 is 1.85 bits per heavy atom. The van der Waals surface area contributed by atoms with Gasteiger partial charge in [-0.25, -0.2) is 4.68 Å². The highest BCUT2D eigenvalue weighted by Crippen LogP contribution is 2.46. The van der Waals surface area contributed by atoms with Crippen LogP contribution in [0.5, 0.6) is 11.6 Å². The molecule has 0 aliphatic carbocycles. The molecule has 1 aliphatic heterocycles. The number of nitriles is 1. The van der Waals surface area contributed by atoms with Crippen molar-refractivity contribution < 1.29 is 9.47 Å². The molecule has 27 heavy (non-hydrogen) atoms. The van der Waals surface area contributed by atoms with Gasteiger partial charge < -0.3 is 15.2 Å². The summed E-state index contributed by atoms with van der Waals surface area (Å²) in [5, 5.41) is 14.4. The molecule has 1 atom stereocenters. The van der Waals surface area contributed by atoms with E-state index in [0.29, 0.717) is 17.2 Å². The number of benzene rings is 2. The average molecular weight is 358 g/mol. The average Bonchev–Trinajstić information content (AvgIpc) is 3.03. The van der Waals surface area contributed by atoms with Crippen LogP contribution in [0.1, 0.15) is 22.7 Å². The normalized spacial score (nSPS) is 15.7. The number of nitrogens with two attached hydrogens (primary N) is 1. The van der Waals surface area contributed by atoms with Crippen molar-refractivity contribution in [3.63, 3.8) is 0 Å². The van der Waals surface area contributed by atoms with Crippen molar-refractivity contribution >= 4 is 0 Å². The summed E-state index contributed by atoms with van der Waals surface area (Å²) in [7, 11) is 1.61. The molecule has 0 fully saturated rings. The van der Waals surface area contributed by atoms with Crippen LogP contribution in [0.3, 0.4) is 0 Å². The van der Waals surface area contributed by atoms with Gasteiger partial charge in [-0.2, -0.15) is 10.4 Å². The third-order valence-corrected chi connectivity index (χ3v) is 4.68. The van der Waals surface area contributed by atoms with Crippen molar-refractivity contribution in [3.05, 3.63) is 82.9 Å². The highest BCUT2D eigenvalue weighted by Gasteiger charge is 2.37. The molecule has 4 rings (SSSR count). The zero-order valence-electron chi connectivity index (χ0n) is 15.0. The summed E-state index contributed by atoms with van der Waals surface area (Å²) < 4.78 is 13.1. The van der Waals surface area contributed by atoms with Crippen molar-refractivity contribution in [2.24, 2.45) is 5.73 Å². The molecule has 3 aromatic rings.